The largest absolute Gasteiger partial charge is 0.310 e. The van der Waals surface area contributed by atoms with Crippen molar-refractivity contribution in [2.24, 2.45) is 0 Å². The van der Waals surface area contributed by atoms with E-state index in [0.29, 0.717) is 0 Å². The van der Waals surface area contributed by atoms with Gasteiger partial charge in [-0.15, -0.1) is 0 Å². The summed E-state index contributed by atoms with van der Waals surface area (Å²) in [6.45, 7) is 6.20. The number of fused-ring (bicyclic) bond motifs is 13. The Morgan fingerprint density at radius 1 is 0.520 bits per heavy atom. The van der Waals surface area contributed by atoms with Crippen LogP contribution in [-0.4, -0.2) is 4.57 Å². The van der Waals surface area contributed by atoms with Crippen LogP contribution in [0.5, 0.6) is 0 Å². The lowest BCUT2D eigenvalue weighted by molar-refractivity contribution is 0.792. The van der Waals surface area contributed by atoms with Gasteiger partial charge in [0.05, 0.1) is 16.4 Å². The minimum atomic E-state index is -0.397. The van der Waals surface area contributed by atoms with Crippen LogP contribution in [0, 0.1) is 0 Å². The van der Waals surface area contributed by atoms with E-state index in [1.807, 2.05) is 6.08 Å². The first-order chi connectivity index (χ1) is 24.7. The van der Waals surface area contributed by atoms with Crippen LogP contribution >= 0.6 is 0 Å². The molecule has 0 aliphatic heterocycles. The summed E-state index contributed by atoms with van der Waals surface area (Å²) in [5.74, 6) is 0. The van der Waals surface area contributed by atoms with Crippen molar-refractivity contribution in [3.63, 3.8) is 0 Å². The minimum absolute atomic E-state index is 0.397. The van der Waals surface area contributed by atoms with Gasteiger partial charge in [0.15, 0.2) is 0 Å². The molecule has 7 aromatic carbocycles. The summed E-state index contributed by atoms with van der Waals surface area (Å²) >= 11 is 0. The van der Waals surface area contributed by atoms with Gasteiger partial charge >= 0.3 is 0 Å². The smallest absolute Gasteiger partial charge is 0.0725 e. The van der Waals surface area contributed by atoms with Gasteiger partial charge in [0.25, 0.3) is 0 Å². The molecule has 0 radical (unpaired) electrons. The molecule has 0 bridgehead atoms. The Morgan fingerprint density at radius 2 is 1.10 bits per heavy atom. The molecule has 0 saturated heterocycles. The van der Waals surface area contributed by atoms with E-state index in [1.165, 1.54) is 88.6 Å². The molecule has 50 heavy (non-hydrogen) atoms. The maximum atomic E-state index is 4.12. The van der Waals surface area contributed by atoms with Gasteiger partial charge in [-0.1, -0.05) is 146 Å². The highest BCUT2D eigenvalue weighted by Crippen LogP contribution is 2.63. The van der Waals surface area contributed by atoms with E-state index < -0.39 is 5.41 Å². The van der Waals surface area contributed by atoms with Gasteiger partial charge in [0.1, 0.15) is 0 Å². The SMILES string of the molecule is C=C/C(=C\C)n1c2ccccc2c2cc(-c3ccc4c(c3)C3(c5ccccc5-c5ccccc53)c3cc(Cc5ccccc5)ccc3-4)ccc21. The van der Waals surface area contributed by atoms with Crippen molar-refractivity contribution in [2.45, 2.75) is 18.8 Å². The molecule has 236 valence electrons. The molecule has 0 N–H and O–H groups in total. The van der Waals surface area contributed by atoms with Crippen LogP contribution in [0.25, 0.3) is 60.9 Å². The lowest BCUT2D eigenvalue weighted by Gasteiger charge is -2.31. The predicted molar refractivity (Wildman–Crippen MR) is 211 cm³/mol. The first-order valence-electron chi connectivity index (χ1n) is 17.5. The zero-order valence-electron chi connectivity index (χ0n) is 28.0. The molecular weight excluding hydrogens is 603 g/mol. The number of hydrogen-bond donors (Lipinski definition) is 0. The van der Waals surface area contributed by atoms with Gasteiger partial charge in [-0.3, -0.25) is 0 Å². The standard InChI is InChI=1S/C49H35N/c1-3-36(4-2)50-47-21-13-10-18-41(47)42-30-34(24-27-48(42)50)35-23-26-40-39-25-22-33(28-32-14-6-5-7-15-32)29-45(39)49(46(40)31-35)43-19-11-8-16-37(43)38-17-9-12-20-44(38)49/h3-27,29-31H,1,28H2,2H3/b36-4+. The van der Waals surface area contributed by atoms with E-state index >= 15 is 0 Å². The molecule has 1 nitrogen and oxygen atoms in total. The highest BCUT2D eigenvalue weighted by atomic mass is 15.0. The fraction of sp³-hybridized carbons (Fsp3) is 0.0612. The fourth-order valence-electron chi connectivity index (χ4n) is 9.08. The van der Waals surface area contributed by atoms with Gasteiger partial charge in [-0.2, -0.15) is 0 Å². The molecule has 0 amide bonds. The second kappa shape index (κ2) is 10.9. The molecule has 0 fully saturated rings. The average Bonchev–Trinajstić information content (AvgIpc) is 3.77. The van der Waals surface area contributed by atoms with E-state index in [9.17, 15) is 0 Å². The Kier molecular flexibility index (Phi) is 6.29. The monoisotopic (exact) mass is 637 g/mol. The maximum absolute atomic E-state index is 4.12. The van der Waals surface area contributed by atoms with Crippen LogP contribution in [-0.2, 0) is 11.8 Å². The molecule has 1 spiro atoms. The number of rotatable bonds is 5. The third-order valence-corrected chi connectivity index (χ3v) is 11.2. The summed E-state index contributed by atoms with van der Waals surface area (Å²) in [6, 6.07) is 59.1. The van der Waals surface area contributed by atoms with Crippen molar-refractivity contribution >= 4 is 27.5 Å². The van der Waals surface area contributed by atoms with Crippen molar-refractivity contribution in [3.05, 3.63) is 210 Å². The van der Waals surface area contributed by atoms with Crippen LogP contribution in [0.1, 0.15) is 40.3 Å². The second-order valence-electron chi connectivity index (χ2n) is 13.6. The number of allylic oxidation sites excluding steroid dienone is 3. The van der Waals surface area contributed by atoms with E-state index in [4.69, 9.17) is 0 Å². The first-order valence-corrected chi connectivity index (χ1v) is 17.5. The molecule has 8 aromatic rings. The molecular formula is C49H35N. The van der Waals surface area contributed by atoms with Crippen LogP contribution < -0.4 is 0 Å². The number of aromatic nitrogens is 1. The molecule has 1 heterocycles. The van der Waals surface area contributed by atoms with Crippen LogP contribution in [0.3, 0.4) is 0 Å². The van der Waals surface area contributed by atoms with Crippen LogP contribution in [0.4, 0.5) is 0 Å². The highest BCUT2D eigenvalue weighted by molar-refractivity contribution is 6.11. The molecule has 2 aliphatic rings. The number of benzene rings is 7. The molecule has 10 rings (SSSR count). The Balaban J connectivity index is 1.22. The highest BCUT2D eigenvalue weighted by Gasteiger charge is 2.51. The van der Waals surface area contributed by atoms with Gasteiger partial charge in [0.2, 0.25) is 0 Å². The normalized spacial score (nSPS) is 13.7. The van der Waals surface area contributed by atoms with Crippen molar-refractivity contribution in [2.75, 3.05) is 0 Å². The van der Waals surface area contributed by atoms with Gasteiger partial charge in [-0.25, -0.2) is 0 Å². The van der Waals surface area contributed by atoms with Crippen molar-refractivity contribution in [1.29, 1.82) is 0 Å². The third-order valence-electron chi connectivity index (χ3n) is 11.2. The summed E-state index contributed by atoms with van der Waals surface area (Å²) in [7, 11) is 0. The second-order valence-corrected chi connectivity index (χ2v) is 13.6. The van der Waals surface area contributed by atoms with Crippen molar-refractivity contribution in [1.82, 2.24) is 4.57 Å². The summed E-state index contributed by atoms with van der Waals surface area (Å²) < 4.78 is 2.33. The van der Waals surface area contributed by atoms with Crippen molar-refractivity contribution in [3.8, 4) is 33.4 Å². The Bertz CT molecular complexity index is 2660. The number of hydrogen-bond acceptors (Lipinski definition) is 0. The summed E-state index contributed by atoms with van der Waals surface area (Å²) in [4.78, 5) is 0. The average molecular weight is 638 g/mol. The van der Waals surface area contributed by atoms with E-state index in [1.54, 1.807) is 0 Å². The topological polar surface area (TPSA) is 4.93 Å². The van der Waals surface area contributed by atoms with Crippen LogP contribution in [0.15, 0.2) is 176 Å². The lowest BCUT2D eigenvalue weighted by atomic mass is 9.70. The number of para-hydroxylation sites is 1. The summed E-state index contributed by atoms with van der Waals surface area (Å²) in [6.07, 6.45) is 4.98. The zero-order chi connectivity index (χ0) is 33.4. The van der Waals surface area contributed by atoms with Crippen LogP contribution in [0.2, 0.25) is 0 Å². The molecule has 2 aliphatic carbocycles. The lowest BCUT2D eigenvalue weighted by Crippen LogP contribution is -2.26. The van der Waals surface area contributed by atoms with Gasteiger partial charge in [0, 0.05) is 16.5 Å². The Labute approximate surface area is 293 Å². The minimum Gasteiger partial charge on any atom is -0.310 e. The Hall–Kier alpha value is -6.18. The van der Waals surface area contributed by atoms with E-state index in [-0.39, 0.29) is 0 Å². The molecule has 0 saturated carbocycles. The molecule has 0 atom stereocenters. The first kappa shape index (κ1) is 28.8. The summed E-state index contributed by atoms with van der Waals surface area (Å²) in [5.41, 5.74) is 19.0. The Morgan fingerprint density at radius 3 is 1.84 bits per heavy atom. The van der Waals surface area contributed by atoms with Crippen molar-refractivity contribution < 1.29 is 0 Å². The predicted octanol–water partition coefficient (Wildman–Crippen LogP) is 12.4. The van der Waals surface area contributed by atoms with Gasteiger partial charge < -0.3 is 4.57 Å². The van der Waals surface area contributed by atoms with E-state index in [0.717, 1.165) is 12.1 Å². The molecule has 1 aromatic heterocycles. The quantitative estimate of drug-likeness (QED) is 0.166. The van der Waals surface area contributed by atoms with E-state index in [2.05, 4.69) is 182 Å². The fourth-order valence-corrected chi connectivity index (χ4v) is 9.08. The molecule has 0 unspecified atom stereocenters. The maximum Gasteiger partial charge on any atom is 0.0725 e. The zero-order valence-corrected chi connectivity index (χ0v) is 28.0. The summed E-state index contributed by atoms with van der Waals surface area (Å²) in [5, 5.41) is 2.50. The van der Waals surface area contributed by atoms with Gasteiger partial charge in [-0.05, 0) is 110 Å². The third kappa shape index (κ3) is 3.89. The number of nitrogens with zero attached hydrogens (tertiary/aromatic N) is 1. The molecule has 1 heteroatoms.